The molecule has 0 saturated carbocycles. The summed E-state index contributed by atoms with van der Waals surface area (Å²) in [5.74, 6) is -0.379. The summed E-state index contributed by atoms with van der Waals surface area (Å²) < 4.78 is 4.88. The van der Waals surface area contributed by atoms with Gasteiger partial charge >= 0.3 is 11.7 Å². The molecule has 0 amide bonds. The molecule has 0 bridgehead atoms. The number of anilines is 2. The van der Waals surface area contributed by atoms with Crippen molar-refractivity contribution in [2.75, 3.05) is 5.32 Å². The number of esters is 1. The van der Waals surface area contributed by atoms with E-state index >= 15 is 0 Å². The molecule has 8 heteroatoms. The highest BCUT2D eigenvalue weighted by atomic mass is 16.6. The predicted octanol–water partition coefficient (Wildman–Crippen LogP) is 2.98. The molecule has 0 aliphatic heterocycles. The van der Waals surface area contributed by atoms with Gasteiger partial charge in [0.25, 0.3) is 0 Å². The van der Waals surface area contributed by atoms with E-state index in [1.54, 1.807) is 31.2 Å². The summed E-state index contributed by atoms with van der Waals surface area (Å²) in [4.78, 5) is 25.4. The number of aromatic nitrogens is 1. The van der Waals surface area contributed by atoms with Crippen LogP contribution in [-0.4, -0.2) is 15.9 Å². The number of nitrogens with zero attached hydrogens (tertiary/aromatic N) is 3. The topological polar surface area (TPSA) is 118 Å². The first-order valence-corrected chi connectivity index (χ1v) is 6.96. The molecule has 0 aliphatic carbocycles. The first kappa shape index (κ1) is 16.9. The third-order valence-electron chi connectivity index (χ3n) is 3.15. The van der Waals surface area contributed by atoms with Crippen molar-refractivity contribution in [1.29, 1.82) is 5.26 Å². The van der Waals surface area contributed by atoms with Gasteiger partial charge in [-0.3, -0.25) is 14.9 Å². The second kappa shape index (κ2) is 7.19. The maximum atomic E-state index is 11.2. The molecule has 122 valence electrons. The van der Waals surface area contributed by atoms with Crippen molar-refractivity contribution >= 4 is 23.2 Å². The zero-order valence-corrected chi connectivity index (χ0v) is 13.1. The van der Waals surface area contributed by atoms with E-state index in [-0.39, 0.29) is 29.8 Å². The number of pyridine rings is 1. The van der Waals surface area contributed by atoms with Crippen LogP contribution in [0.1, 0.15) is 23.7 Å². The van der Waals surface area contributed by atoms with Crippen LogP contribution >= 0.6 is 0 Å². The van der Waals surface area contributed by atoms with Crippen molar-refractivity contribution in [1.82, 2.24) is 4.98 Å². The zero-order valence-electron chi connectivity index (χ0n) is 13.1. The molecule has 1 aromatic carbocycles. The monoisotopic (exact) mass is 326 g/mol. The summed E-state index contributed by atoms with van der Waals surface area (Å²) in [6, 6.07) is 10.0. The van der Waals surface area contributed by atoms with E-state index in [0.29, 0.717) is 11.3 Å². The number of hydrogen-bond acceptors (Lipinski definition) is 7. The summed E-state index contributed by atoms with van der Waals surface area (Å²) in [6.07, 6.45) is 0. The number of nitrogens with one attached hydrogen (secondary N) is 1. The molecule has 0 unspecified atom stereocenters. The molecular formula is C16H14N4O4. The summed E-state index contributed by atoms with van der Waals surface area (Å²) in [5.41, 5.74) is 1.68. The Morgan fingerprint density at radius 3 is 2.62 bits per heavy atom. The number of nitriles is 1. The molecule has 0 spiro atoms. The van der Waals surface area contributed by atoms with E-state index in [2.05, 4.69) is 10.3 Å². The smallest absolute Gasteiger partial charge is 0.312 e. The van der Waals surface area contributed by atoms with Gasteiger partial charge < -0.3 is 10.1 Å². The largest absolute Gasteiger partial charge is 0.461 e. The Morgan fingerprint density at radius 1 is 1.42 bits per heavy atom. The summed E-state index contributed by atoms with van der Waals surface area (Å²) >= 11 is 0. The van der Waals surface area contributed by atoms with Gasteiger partial charge in [-0.25, -0.2) is 4.98 Å². The lowest BCUT2D eigenvalue weighted by Crippen LogP contribution is -2.03. The van der Waals surface area contributed by atoms with Crippen LogP contribution in [0, 0.1) is 28.4 Å². The summed E-state index contributed by atoms with van der Waals surface area (Å²) in [5, 5.41) is 23.0. The van der Waals surface area contributed by atoms with Gasteiger partial charge in [0.1, 0.15) is 18.4 Å². The van der Waals surface area contributed by atoms with E-state index in [0.717, 1.165) is 5.56 Å². The minimum absolute atomic E-state index is 0.00474. The van der Waals surface area contributed by atoms with E-state index in [1.165, 1.54) is 13.0 Å². The van der Waals surface area contributed by atoms with Crippen molar-refractivity contribution in [3.05, 3.63) is 57.3 Å². The number of nitro groups is 1. The van der Waals surface area contributed by atoms with E-state index in [4.69, 9.17) is 10.00 Å². The van der Waals surface area contributed by atoms with Gasteiger partial charge in [0.15, 0.2) is 0 Å². The second-order valence-corrected chi connectivity index (χ2v) is 4.99. The fraction of sp³-hybridized carbons (Fsp3) is 0.188. The number of carbonyl (C=O) groups excluding carboxylic acids is 1. The van der Waals surface area contributed by atoms with Crippen LogP contribution in [0.5, 0.6) is 0 Å². The van der Waals surface area contributed by atoms with Crippen LogP contribution in [0.15, 0.2) is 30.3 Å². The molecular weight excluding hydrogens is 312 g/mol. The molecule has 2 aromatic rings. The fourth-order valence-electron chi connectivity index (χ4n) is 1.95. The third-order valence-corrected chi connectivity index (χ3v) is 3.15. The Labute approximate surface area is 137 Å². The van der Waals surface area contributed by atoms with Crippen LogP contribution < -0.4 is 5.32 Å². The molecule has 0 radical (unpaired) electrons. The van der Waals surface area contributed by atoms with Gasteiger partial charge in [-0.15, -0.1) is 0 Å². The van der Waals surface area contributed by atoms with Crippen LogP contribution in [0.25, 0.3) is 0 Å². The number of ether oxygens (including phenoxy) is 1. The van der Waals surface area contributed by atoms with Crippen LogP contribution in [0.3, 0.4) is 0 Å². The highest BCUT2D eigenvalue weighted by Gasteiger charge is 2.18. The molecule has 2 rings (SSSR count). The highest BCUT2D eigenvalue weighted by molar-refractivity contribution is 5.67. The fourth-order valence-corrected chi connectivity index (χ4v) is 1.95. The zero-order chi connectivity index (χ0) is 17.7. The second-order valence-electron chi connectivity index (χ2n) is 4.99. The predicted molar refractivity (Wildman–Crippen MR) is 85.5 cm³/mol. The standard InChI is InChI=1S/C16H14N4O4/c1-10-7-15(20(22)23)16(19-14(10)8-17)18-13-5-3-12(4-6-13)9-24-11(2)21/h3-7H,9H2,1-2H3,(H,18,19). The van der Waals surface area contributed by atoms with Crippen molar-refractivity contribution in [3.8, 4) is 6.07 Å². The van der Waals surface area contributed by atoms with E-state index in [1.807, 2.05) is 6.07 Å². The highest BCUT2D eigenvalue weighted by Crippen LogP contribution is 2.27. The van der Waals surface area contributed by atoms with Gasteiger partial charge in [-0.05, 0) is 30.2 Å². The lowest BCUT2D eigenvalue weighted by molar-refractivity contribution is -0.384. The lowest BCUT2D eigenvalue weighted by Gasteiger charge is -2.09. The number of aryl methyl sites for hydroxylation is 1. The SMILES string of the molecule is CC(=O)OCc1ccc(Nc2nc(C#N)c(C)cc2[N+](=O)[O-])cc1. The third kappa shape index (κ3) is 4.04. The van der Waals surface area contributed by atoms with Gasteiger partial charge in [0, 0.05) is 18.7 Å². The number of carbonyl (C=O) groups is 1. The quantitative estimate of drug-likeness (QED) is 0.509. The minimum atomic E-state index is -0.557. The average Bonchev–Trinajstić information content (AvgIpc) is 2.55. The van der Waals surface area contributed by atoms with E-state index in [9.17, 15) is 14.9 Å². The molecule has 0 saturated heterocycles. The van der Waals surface area contributed by atoms with Gasteiger partial charge in [0.05, 0.1) is 4.92 Å². The Bertz CT molecular complexity index is 825. The summed E-state index contributed by atoms with van der Waals surface area (Å²) in [7, 11) is 0. The molecule has 24 heavy (non-hydrogen) atoms. The first-order valence-electron chi connectivity index (χ1n) is 6.96. The first-order chi connectivity index (χ1) is 11.4. The number of hydrogen-bond donors (Lipinski definition) is 1. The maximum absolute atomic E-state index is 11.2. The molecule has 8 nitrogen and oxygen atoms in total. The van der Waals surface area contributed by atoms with Crippen LogP contribution in [0.4, 0.5) is 17.2 Å². The van der Waals surface area contributed by atoms with Crippen molar-refractivity contribution in [2.45, 2.75) is 20.5 Å². The molecule has 1 N–H and O–H groups in total. The molecule has 0 fully saturated rings. The number of benzene rings is 1. The van der Waals surface area contributed by atoms with Gasteiger partial charge in [0.2, 0.25) is 5.82 Å². The maximum Gasteiger partial charge on any atom is 0.312 e. The lowest BCUT2D eigenvalue weighted by atomic mass is 10.2. The average molecular weight is 326 g/mol. The summed E-state index contributed by atoms with van der Waals surface area (Å²) in [6.45, 7) is 3.06. The molecule has 0 aliphatic rings. The van der Waals surface area contributed by atoms with Gasteiger partial charge in [-0.2, -0.15) is 5.26 Å². The van der Waals surface area contributed by atoms with Crippen molar-refractivity contribution in [2.24, 2.45) is 0 Å². The number of rotatable bonds is 5. The van der Waals surface area contributed by atoms with Gasteiger partial charge in [-0.1, -0.05) is 12.1 Å². The van der Waals surface area contributed by atoms with Crippen LogP contribution in [-0.2, 0) is 16.1 Å². The van der Waals surface area contributed by atoms with Crippen molar-refractivity contribution in [3.63, 3.8) is 0 Å². The molecule has 0 atom stereocenters. The van der Waals surface area contributed by atoms with Crippen molar-refractivity contribution < 1.29 is 14.5 Å². The normalized spacial score (nSPS) is 9.88. The minimum Gasteiger partial charge on any atom is -0.461 e. The Hall–Kier alpha value is -3.47. The Kier molecular flexibility index (Phi) is 5.06. The Balaban J connectivity index is 2.25. The Morgan fingerprint density at radius 2 is 2.08 bits per heavy atom. The molecule has 1 aromatic heterocycles. The van der Waals surface area contributed by atoms with Crippen LogP contribution in [0.2, 0.25) is 0 Å². The van der Waals surface area contributed by atoms with E-state index < -0.39 is 4.92 Å². The molecule has 1 heterocycles.